The van der Waals surface area contributed by atoms with Crippen molar-refractivity contribution in [2.45, 2.75) is 24.8 Å². The average Bonchev–Trinajstić information content (AvgIpc) is 3.06. The number of primary sulfonamides is 1. The number of sulfonamides is 1. The molecule has 0 spiro atoms. The predicted molar refractivity (Wildman–Crippen MR) is 123 cm³/mol. The molecular formula is C24H21N3O5S. The molecule has 4 rings (SSSR count). The number of hydrogen-bond donors (Lipinski definition) is 2. The number of aliphatic hydroxyl groups excluding tert-OH is 1. The molecular weight excluding hydrogens is 442 g/mol. The van der Waals surface area contributed by atoms with Crippen molar-refractivity contribution in [3.63, 3.8) is 0 Å². The van der Waals surface area contributed by atoms with Gasteiger partial charge in [0.25, 0.3) is 11.7 Å². The van der Waals surface area contributed by atoms with Gasteiger partial charge in [-0.25, -0.2) is 13.6 Å². The number of pyridine rings is 1. The van der Waals surface area contributed by atoms with E-state index >= 15 is 0 Å². The second-order valence-electron chi connectivity index (χ2n) is 7.79. The third-order valence-electron chi connectivity index (χ3n) is 5.67. The van der Waals surface area contributed by atoms with Crippen LogP contribution < -0.4 is 10.0 Å². The molecule has 1 aliphatic heterocycles. The SMILES string of the molecule is Cc1ccc(/C(O)=C2\C(=O)C(=O)N(c3ccc(S(N)(=O)=O)cc3)C2c2cccnc2)cc1C. The number of amides is 1. The largest absolute Gasteiger partial charge is 0.507 e. The van der Waals surface area contributed by atoms with Crippen molar-refractivity contribution >= 4 is 33.2 Å². The van der Waals surface area contributed by atoms with Crippen LogP contribution in [0, 0.1) is 13.8 Å². The Hall–Kier alpha value is -3.82. The van der Waals surface area contributed by atoms with Crippen molar-refractivity contribution in [2.75, 3.05) is 4.90 Å². The minimum atomic E-state index is -3.93. The molecule has 3 N–H and O–H groups in total. The van der Waals surface area contributed by atoms with Crippen LogP contribution in [0.1, 0.15) is 28.3 Å². The van der Waals surface area contributed by atoms with Gasteiger partial charge in [0, 0.05) is 23.6 Å². The smallest absolute Gasteiger partial charge is 0.300 e. The lowest BCUT2D eigenvalue weighted by atomic mass is 9.95. The first-order valence-electron chi connectivity index (χ1n) is 10.0. The molecule has 1 fully saturated rings. The van der Waals surface area contributed by atoms with Gasteiger partial charge in [0.15, 0.2) is 0 Å². The Kier molecular flexibility index (Phi) is 5.61. The summed E-state index contributed by atoms with van der Waals surface area (Å²) in [7, 11) is -3.93. The highest BCUT2D eigenvalue weighted by molar-refractivity contribution is 7.89. The monoisotopic (exact) mass is 463 g/mol. The summed E-state index contributed by atoms with van der Waals surface area (Å²) < 4.78 is 23.2. The zero-order valence-electron chi connectivity index (χ0n) is 17.9. The molecule has 0 bridgehead atoms. The molecule has 0 radical (unpaired) electrons. The number of aliphatic hydroxyl groups is 1. The van der Waals surface area contributed by atoms with Crippen LogP contribution in [0.5, 0.6) is 0 Å². The predicted octanol–water partition coefficient (Wildman–Crippen LogP) is 2.97. The Morgan fingerprint density at radius 1 is 1.03 bits per heavy atom. The average molecular weight is 464 g/mol. The van der Waals surface area contributed by atoms with Gasteiger partial charge in [0.05, 0.1) is 16.5 Å². The summed E-state index contributed by atoms with van der Waals surface area (Å²) in [6.45, 7) is 3.81. The first-order valence-corrected chi connectivity index (χ1v) is 11.6. The highest BCUT2D eigenvalue weighted by Crippen LogP contribution is 2.42. The molecule has 1 unspecified atom stereocenters. The Morgan fingerprint density at radius 3 is 2.30 bits per heavy atom. The molecule has 33 heavy (non-hydrogen) atoms. The van der Waals surface area contributed by atoms with Crippen molar-refractivity contribution in [1.29, 1.82) is 0 Å². The summed E-state index contributed by atoms with van der Waals surface area (Å²) in [5, 5.41) is 16.3. The first kappa shape index (κ1) is 22.4. The van der Waals surface area contributed by atoms with Crippen molar-refractivity contribution < 1.29 is 23.1 Å². The normalized spacial score (nSPS) is 18.0. The molecule has 1 aliphatic rings. The minimum Gasteiger partial charge on any atom is -0.507 e. The van der Waals surface area contributed by atoms with Crippen LogP contribution in [-0.4, -0.2) is 30.2 Å². The second kappa shape index (κ2) is 8.27. The van der Waals surface area contributed by atoms with Crippen LogP contribution in [0.25, 0.3) is 5.76 Å². The van der Waals surface area contributed by atoms with Gasteiger partial charge in [-0.3, -0.25) is 19.5 Å². The molecule has 1 amide bonds. The van der Waals surface area contributed by atoms with Gasteiger partial charge in [-0.05, 0) is 66.9 Å². The van der Waals surface area contributed by atoms with Crippen LogP contribution in [0.2, 0.25) is 0 Å². The summed E-state index contributed by atoms with van der Waals surface area (Å²) in [6, 6.07) is 13.0. The maximum Gasteiger partial charge on any atom is 0.300 e. The molecule has 168 valence electrons. The highest BCUT2D eigenvalue weighted by Gasteiger charge is 2.47. The van der Waals surface area contributed by atoms with Crippen molar-refractivity contribution in [3.05, 3.63) is 94.8 Å². The molecule has 1 saturated heterocycles. The van der Waals surface area contributed by atoms with E-state index in [2.05, 4.69) is 4.98 Å². The van der Waals surface area contributed by atoms with Gasteiger partial charge in [0.1, 0.15) is 5.76 Å². The number of aromatic nitrogens is 1. The highest BCUT2D eigenvalue weighted by atomic mass is 32.2. The van der Waals surface area contributed by atoms with Crippen molar-refractivity contribution in [3.8, 4) is 0 Å². The molecule has 0 saturated carbocycles. The number of nitrogens with zero attached hydrogens (tertiary/aromatic N) is 2. The fourth-order valence-corrected chi connectivity index (χ4v) is 4.31. The number of aryl methyl sites for hydroxylation is 2. The van der Waals surface area contributed by atoms with E-state index in [1.807, 2.05) is 19.9 Å². The first-order chi connectivity index (χ1) is 15.6. The Morgan fingerprint density at radius 2 is 1.73 bits per heavy atom. The lowest BCUT2D eigenvalue weighted by Crippen LogP contribution is -2.29. The van der Waals surface area contributed by atoms with Crippen molar-refractivity contribution in [2.24, 2.45) is 5.14 Å². The number of hydrogen-bond acceptors (Lipinski definition) is 6. The van der Waals surface area contributed by atoms with E-state index < -0.39 is 27.8 Å². The van der Waals surface area contributed by atoms with Gasteiger partial charge >= 0.3 is 0 Å². The lowest BCUT2D eigenvalue weighted by Gasteiger charge is -2.25. The number of ketones is 1. The van der Waals surface area contributed by atoms with E-state index in [0.717, 1.165) is 11.1 Å². The van der Waals surface area contributed by atoms with E-state index in [0.29, 0.717) is 11.1 Å². The van der Waals surface area contributed by atoms with Crippen molar-refractivity contribution in [1.82, 2.24) is 4.98 Å². The van der Waals surface area contributed by atoms with Crippen LogP contribution in [0.3, 0.4) is 0 Å². The third-order valence-corrected chi connectivity index (χ3v) is 6.60. The molecule has 9 heteroatoms. The summed E-state index contributed by atoms with van der Waals surface area (Å²) in [5.41, 5.74) is 3.06. The Labute approximate surface area is 191 Å². The molecule has 3 aromatic rings. The van der Waals surface area contributed by atoms with E-state index in [4.69, 9.17) is 5.14 Å². The molecule has 0 aliphatic carbocycles. The van der Waals surface area contributed by atoms with Crippen LogP contribution in [0.4, 0.5) is 5.69 Å². The van der Waals surface area contributed by atoms with Gasteiger partial charge in [-0.2, -0.15) is 0 Å². The maximum absolute atomic E-state index is 13.1. The van der Waals surface area contributed by atoms with E-state index in [1.165, 1.54) is 35.4 Å². The van der Waals surface area contributed by atoms with Gasteiger partial charge in [-0.1, -0.05) is 18.2 Å². The fraction of sp³-hybridized carbons (Fsp3) is 0.125. The summed E-state index contributed by atoms with van der Waals surface area (Å²) in [4.78, 5) is 31.4. The van der Waals surface area contributed by atoms with E-state index in [1.54, 1.807) is 30.5 Å². The summed E-state index contributed by atoms with van der Waals surface area (Å²) in [5.74, 6) is -2.00. The quantitative estimate of drug-likeness (QED) is 0.347. The fourth-order valence-electron chi connectivity index (χ4n) is 3.79. The zero-order valence-corrected chi connectivity index (χ0v) is 18.7. The third kappa shape index (κ3) is 4.04. The number of nitrogens with two attached hydrogens (primary N) is 1. The van der Waals surface area contributed by atoms with Gasteiger partial charge < -0.3 is 5.11 Å². The number of Topliss-reactive ketones (excluding diaryl/α,β-unsaturated/α-hetero) is 1. The summed E-state index contributed by atoms with van der Waals surface area (Å²) in [6.07, 6.45) is 3.07. The van der Waals surface area contributed by atoms with Crippen LogP contribution in [-0.2, 0) is 19.6 Å². The van der Waals surface area contributed by atoms with Crippen LogP contribution in [0.15, 0.2) is 77.5 Å². The Balaban J connectivity index is 1.92. The molecule has 1 atom stereocenters. The standard InChI is InChI=1S/C24H21N3O5S/c1-14-5-6-16(12-15(14)2)22(28)20-21(17-4-3-11-26-13-17)27(24(30)23(20)29)18-7-9-19(10-8-18)33(25,31)32/h3-13,21,28H,1-2H3,(H2,25,31,32)/b22-20+. The second-order valence-corrected chi connectivity index (χ2v) is 9.35. The molecule has 2 heterocycles. The topological polar surface area (TPSA) is 131 Å². The Bertz CT molecular complexity index is 1400. The number of carbonyl (C=O) groups excluding carboxylic acids is 2. The zero-order chi connectivity index (χ0) is 23.9. The lowest BCUT2D eigenvalue weighted by molar-refractivity contribution is -0.132. The number of carbonyl (C=O) groups is 2. The van der Waals surface area contributed by atoms with Gasteiger partial charge in [0.2, 0.25) is 10.0 Å². The van der Waals surface area contributed by atoms with E-state index in [9.17, 15) is 23.1 Å². The molecule has 8 nitrogen and oxygen atoms in total. The minimum absolute atomic E-state index is 0.0771. The number of anilines is 1. The number of benzene rings is 2. The maximum atomic E-state index is 13.1. The summed E-state index contributed by atoms with van der Waals surface area (Å²) >= 11 is 0. The molecule has 2 aromatic carbocycles. The molecule has 1 aromatic heterocycles. The number of rotatable bonds is 4. The van der Waals surface area contributed by atoms with E-state index in [-0.39, 0.29) is 21.9 Å². The van der Waals surface area contributed by atoms with Crippen LogP contribution >= 0.6 is 0 Å². The van der Waals surface area contributed by atoms with Gasteiger partial charge in [-0.15, -0.1) is 0 Å².